The molecule has 2 aliphatic rings. The molecule has 1 aliphatic heterocycles. The number of anilines is 1. The molecule has 2 N–H and O–H groups in total. The van der Waals surface area contributed by atoms with Crippen LogP contribution in [0.5, 0.6) is 0 Å². The molecule has 0 spiro atoms. The number of Topliss-reactive ketones (excluding diaryl/α,β-unsaturated/α-hetero) is 1. The Morgan fingerprint density at radius 1 is 1.07 bits per heavy atom. The predicted molar refractivity (Wildman–Crippen MR) is 167 cm³/mol. The predicted octanol–water partition coefficient (Wildman–Crippen LogP) is 4.05. The van der Waals surface area contributed by atoms with Gasteiger partial charge in [0.05, 0.1) is 5.69 Å². The number of hydrogen-bond acceptors (Lipinski definition) is 6. The topological polar surface area (TPSA) is 117 Å². The first-order chi connectivity index (χ1) is 21.1. The van der Waals surface area contributed by atoms with Crippen LogP contribution in [0.2, 0.25) is 0 Å². The average Bonchev–Trinajstić information content (AvgIpc) is 3.50. The van der Waals surface area contributed by atoms with Crippen LogP contribution in [0.4, 0.5) is 10.1 Å². The first-order valence-corrected chi connectivity index (χ1v) is 16.0. The lowest BCUT2D eigenvalue weighted by atomic mass is 9.77. The zero-order chi connectivity index (χ0) is 31.8. The minimum atomic E-state index is -0.827. The normalized spacial score (nSPS) is 19.3. The summed E-state index contributed by atoms with van der Waals surface area (Å²) in [4.78, 5) is 56.6. The van der Waals surface area contributed by atoms with Crippen molar-refractivity contribution in [1.29, 1.82) is 0 Å². The number of amides is 3. The number of aryl methyl sites for hydroxylation is 1. The Bertz CT molecular complexity index is 1320. The summed E-state index contributed by atoms with van der Waals surface area (Å²) in [7, 11) is 2.01. The number of piperazine rings is 1. The van der Waals surface area contributed by atoms with E-state index in [4.69, 9.17) is 0 Å². The second-order valence-corrected chi connectivity index (χ2v) is 12.3. The van der Waals surface area contributed by atoms with Crippen LogP contribution in [0.1, 0.15) is 81.8 Å². The molecule has 1 aliphatic carbocycles. The van der Waals surface area contributed by atoms with Gasteiger partial charge in [0.1, 0.15) is 17.6 Å². The van der Waals surface area contributed by atoms with Crippen LogP contribution in [0, 0.1) is 17.7 Å². The maximum atomic E-state index is 15.5. The van der Waals surface area contributed by atoms with Crippen LogP contribution < -0.4 is 10.6 Å². The van der Waals surface area contributed by atoms with Crippen molar-refractivity contribution in [2.75, 3.05) is 32.0 Å². The molecule has 11 heteroatoms. The summed E-state index contributed by atoms with van der Waals surface area (Å²) >= 11 is 0. The molecule has 0 unspecified atom stereocenters. The number of hydrogen-bond donors (Lipinski definition) is 2. The Balaban J connectivity index is 1.48. The van der Waals surface area contributed by atoms with Gasteiger partial charge in [0.25, 0.3) is 0 Å². The van der Waals surface area contributed by atoms with E-state index in [2.05, 4.69) is 20.6 Å². The zero-order valence-electron chi connectivity index (χ0n) is 26.5. The number of carbonyl (C=O) groups excluding carboxylic acids is 4. The van der Waals surface area contributed by atoms with Gasteiger partial charge in [0.2, 0.25) is 17.7 Å². The lowest BCUT2D eigenvalue weighted by Gasteiger charge is -2.40. The van der Waals surface area contributed by atoms with E-state index < -0.39 is 17.8 Å². The van der Waals surface area contributed by atoms with Gasteiger partial charge in [-0.25, -0.2) is 4.39 Å². The largest absolute Gasteiger partial charge is 0.344 e. The highest BCUT2D eigenvalue weighted by molar-refractivity contribution is 6.00. The standard InChI is InChI=1S/C33H47FN6O4/c1-5-31(42)36-28(33(44)39-17-16-38(4)21-22(39)3)19-23-12-13-27(26(34)18-23)37-32(43)25(24-10-8-7-9-11-24)20-30(41)29-14-15-35-40(29)6-2/h12-15,18,22,24-25,28H,5-11,16-17,19-21H2,1-4H3,(H,36,42)(H,37,43)/t22-,25-,28+/m0/s1. The summed E-state index contributed by atoms with van der Waals surface area (Å²) < 4.78 is 17.1. The molecule has 44 heavy (non-hydrogen) atoms. The summed E-state index contributed by atoms with van der Waals surface area (Å²) in [6.07, 6.45) is 6.78. The van der Waals surface area contributed by atoms with E-state index in [0.717, 1.165) is 45.2 Å². The summed E-state index contributed by atoms with van der Waals surface area (Å²) in [6, 6.07) is 5.31. The molecule has 2 heterocycles. The molecular formula is C33H47FN6O4. The third-order valence-corrected chi connectivity index (χ3v) is 9.06. The molecule has 10 nitrogen and oxygen atoms in total. The Hall–Kier alpha value is -3.60. The van der Waals surface area contributed by atoms with Gasteiger partial charge in [-0.3, -0.25) is 23.9 Å². The number of rotatable bonds is 12. The lowest BCUT2D eigenvalue weighted by Crippen LogP contribution is -2.58. The van der Waals surface area contributed by atoms with E-state index in [9.17, 15) is 19.2 Å². The van der Waals surface area contributed by atoms with Gasteiger partial charge in [0.15, 0.2) is 5.78 Å². The van der Waals surface area contributed by atoms with Crippen molar-refractivity contribution in [3.05, 3.63) is 47.5 Å². The second-order valence-electron chi connectivity index (χ2n) is 12.3. The summed E-state index contributed by atoms with van der Waals surface area (Å²) in [5, 5.41) is 9.77. The van der Waals surface area contributed by atoms with Crippen LogP contribution in [-0.4, -0.2) is 81.9 Å². The molecule has 1 saturated heterocycles. The fourth-order valence-electron chi connectivity index (χ4n) is 6.55. The summed E-state index contributed by atoms with van der Waals surface area (Å²) in [5.74, 6) is -2.13. The van der Waals surface area contributed by atoms with Crippen molar-refractivity contribution < 1.29 is 23.6 Å². The molecule has 1 aromatic heterocycles. The van der Waals surface area contributed by atoms with Gasteiger partial charge < -0.3 is 20.4 Å². The van der Waals surface area contributed by atoms with Crippen molar-refractivity contribution in [2.24, 2.45) is 11.8 Å². The molecular weight excluding hydrogens is 563 g/mol. The number of nitrogens with one attached hydrogen (secondary N) is 2. The number of likely N-dealkylation sites (N-methyl/N-ethyl adjacent to an activating group) is 1. The van der Waals surface area contributed by atoms with Crippen LogP contribution in [0.3, 0.4) is 0 Å². The molecule has 0 bridgehead atoms. The molecule has 1 saturated carbocycles. The van der Waals surface area contributed by atoms with E-state index in [-0.39, 0.29) is 60.4 Å². The maximum Gasteiger partial charge on any atom is 0.245 e. The van der Waals surface area contributed by atoms with E-state index in [1.54, 1.807) is 34.8 Å². The SMILES string of the molecule is CCC(=O)N[C@H](Cc1ccc(NC(=O)[C@@H](CC(=O)c2ccnn2CC)C2CCCCC2)c(F)c1)C(=O)N1CCN(C)C[C@@H]1C. The first-order valence-electron chi connectivity index (χ1n) is 16.0. The van der Waals surface area contributed by atoms with Gasteiger partial charge in [-0.1, -0.05) is 32.3 Å². The third kappa shape index (κ3) is 8.31. The monoisotopic (exact) mass is 610 g/mol. The van der Waals surface area contributed by atoms with E-state index >= 15 is 4.39 Å². The highest BCUT2D eigenvalue weighted by atomic mass is 19.1. The Morgan fingerprint density at radius 3 is 2.48 bits per heavy atom. The van der Waals surface area contributed by atoms with E-state index in [0.29, 0.717) is 24.3 Å². The molecule has 3 atom stereocenters. The molecule has 240 valence electrons. The van der Waals surface area contributed by atoms with Gasteiger partial charge >= 0.3 is 0 Å². The minimum absolute atomic E-state index is 0.0110. The zero-order valence-corrected chi connectivity index (χ0v) is 26.5. The fraction of sp³-hybridized carbons (Fsp3) is 0.606. The van der Waals surface area contributed by atoms with E-state index in [1.165, 1.54) is 12.1 Å². The number of ketones is 1. The van der Waals surface area contributed by atoms with Crippen molar-refractivity contribution >= 4 is 29.2 Å². The number of nitrogens with zero attached hydrogens (tertiary/aromatic N) is 4. The molecule has 4 rings (SSSR count). The van der Waals surface area contributed by atoms with Crippen LogP contribution >= 0.6 is 0 Å². The quantitative estimate of drug-likeness (QED) is 0.351. The van der Waals surface area contributed by atoms with Gasteiger partial charge in [-0.05, 0) is 63.4 Å². The maximum absolute atomic E-state index is 15.5. The fourth-order valence-corrected chi connectivity index (χ4v) is 6.55. The average molecular weight is 611 g/mol. The highest BCUT2D eigenvalue weighted by Gasteiger charge is 2.34. The van der Waals surface area contributed by atoms with Gasteiger partial charge in [0, 0.05) is 63.6 Å². The number of carbonyl (C=O) groups is 4. The van der Waals surface area contributed by atoms with Crippen LogP contribution in [0.25, 0.3) is 0 Å². The Morgan fingerprint density at radius 2 is 1.82 bits per heavy atom. The number of aromatic nitrogens is 2. The summed E-state index contributed by atoms with van der Waals surface area (Å²) in [5.41, 5.74) is 1.03. The van der Waals surface area contributed by atoms with Crippen molar-refractivity contribution in [2.45, 2.75) is 90.8 Å². The molecule has 2 aromatic rings. The Kier molecular flexibility index (Phi) is 11.7. The molecule has 3 amide bonds. The van der Waals surface area contributed by atoms with Gasteiger partial charge in [-0.2, -0.15) is 5.10 Å². The highest BCUT2D eigenvalue weighted by Crippen LogP contribution is 2.34. The van der Waals surface area contributed by atoms with Crippen LogP contribution in [-0.2, 0) is 27.3 Å². The molecule has 1 aromatic carbocycles. The van der Waals surface area contributed by atoms with Crippen molar-refractivity contribution in [3.63, 3.8) is 0 Å². The van der Waals surface area contributed by atoms with Crippen molar-refractivity contribution in [3.8, 4) is 0 Å². The number of halogens is 1. The Labute approximate surface area is 259 Å². The number of benzene rings is 1. The minimum Gasteiger partial charge on any atom is -0.344 e. The molecule has 0 radical (unpaired) electrons. The van der Waals surface area contributed by atoms with Gasteiger partial charge in [-0.15, -0.1) is 0 Å². The van der Waals surface area contributed by atoms with Crippen molar-refractivity contribution in [1.82, 2.24) is 24.9 Å². The molecule has 2 fully saturated rings. The van der Waals surface area contributed by atoms with Crippen LogP contribution in [0.15, 0.2) is 30.5 Å². The first kappa shape index (κ1) is 33.3. The summed E-state index contributed by atoms with van der Waals surface area (Å²) in [6.45, 7) is 8.19. The van der Waals surface area contributed by atoms with E-state index in [1.807, 2.05) is 20.9 Å². The second kappa shape index (κ2) is 15.4. The third-order valence-electron chi connectivity index (χ3n) is 9.06. The lowest BCUT2D eigenvalue weighted by molar-refractivity contribution is -0.140. The smallest absolute Gasteiger partial charge is 0.245 e.